The van der Waals surface area contributed by atoms with Gasteiger partial charge in [-0.25, -0.2) is 4.79 Å². The summed E-state index contributed by atoms with van der Waals surface area (Å²) in [7, 11) is -13.4. The number of hydrogen-bond donors (Lipinski definition) is 0. The van der Waals surface area contributed by atoms with Crippen molar-refractivity contribution in [3.05, 3.63) is 101 Å². The highest BCUT2D eigenvalue weighted by molar-refractivity contribution is 7.99. The number of hydrogen-bond acceptors (Lipinski definition) is 13. The van der Waals surface area contributed by atoms with E-state index in [2.05, 4.69) is 12.5 Å². The topological polar surface area (TPSA) is 212 Å². The molecule has 0 N–H and O–H groups in total. The number of carbonyl (C=O) groups is 2. The van der Waals surface area contributed by atoms with Crippen molar-refractivity contribution in [1.29, 1.82) is 10.5 Å². The number of nitrogens with zero attached hydrogens (tertiary/aromatic N) is 2. The van der Waals surface area contributed by atoms with Crippen molar-refractivity contribution in [1.82, 2.24) is 0 Å². The SMILES string of the molecule is CCOC(=O)C(F)(F)F.Cc1ccc(S(=O)(=O)OC(=CC#N)C(F)(F)F)cc1.Cc1ccc(S(=O)(=O)OS(=O)(=O)c2ccc(C)cc2)cc1.N#CCC(=O)C(F)(F)F. The molecule has 13 nitrogen and oxygen atoms in total. The van der Waals surface area contributed by atoms with Gasteiger partial charge in [-0.1, -0.05) is 53.1 Å². The predicted octanol–water partition coefficient (Wildman–Crippen LogP) is 7.21. The average Bonchev–Trinajstić information content (AvgIpc) is 3.08. The second-order valence-electron chi connectivity index (χ2n) is 10.6. The molecule has 0 fully saturated rings. The van der Waals surface area contributed by atoms with E-state index in [-0.39, 0.29) is 22.5 Å². The summed E-state index contributed by atoms with van der Waals surface area (Å²) in [5.74, 6) is -6.01. The van der Waals surface area contributed by atoms with Crippen molar-refractivity contribution in [3.8, 4) is 12.1 Å². The lowest BCUT2D eigenvalue weighted by molar-refractivity contribution is -0.199. The Bertz CT molecular complexity index is 2220. The van der Waals surface area contributed by atoms with Gasteiger partial charge in [-0.15, -0.1) is 3.63 Å². The highest BCUT2D eigenvalue weighted by Gasteiger charge is 2.41. The number of esters is 1. The molecule has 0 aromatic heterocycles. The number of ketones is 1. The van der Waals surface area contributed by atoms with Gasteiger partial charge < -0.3 is 8.92 Å². The van der Waals surface area contributed by atoms with Crippen molar-refractivity contribution in [3.63, 3.8) is 0 Å². The maximum atomic E-state index is 12.4. The maximum absolute atomic E-state index is 12.4. The first-order chi connectivity index (χ1) is 26.3. The number of allylic oxidation sites excluding steroid dienone is 2. The molecule has 0 amide bonds. The molecule has 0 unspecified atom stereocenters. The van der Waals surface area contributed by atoms with Crippen LogP contribution in [0.3, 0.4) is 0 Å². The fourth-order valence-corrected chi connectivity index (χ4v) is 6.53. The van der Waals surface area contributed by atoms with E-state index < -0.39 is 77.7 Å². The van der Waals surface area contributed by atoms with Gasteiger partial charge in [0, 0.05) is 0 Å². The number of nitriles is 2. The lowest BCUT2D eigenvalue weighted by atomic mass is 10.2. The third-order valence-corrected chi connectivity index (χ3v) is 10.2. The Hall–Kier alpha value is -5.50. The van der Waals surface area contributed by atoms with Crippen LogP contribution >= 0.6 is 0 Å². The van der Waals surface area contributed by atoms with E-state index in [0.717, 1.165) is 41.0 Å². The van der Waals surface area contributed by atoms with Crippen molar-refractivity contribution >= 4 is 42.1 Å². The Morgan fingerprint density at radius 2 is 0.948 bits per heavy atom. The normalized spacial score (nSPS) is 12.0. The monoisotopic (exact) mass is 896 g/mol. The molecule has 3 aromatic rings. The summed E-state index contributed by atoms with van der Waals surface area (Å²) in [4.78, 5) is 18.6. The van der Waals surface area contributed by atoms with Crippen LogP contribution in [-0.4, -0.2) is 62.1 Å². The summed E-state index contributed by atoms with van der Waals surface area (Å²) in [6, 6.07) is 18.7. The molecular weight excluding hydrogens is 868 g/mol. The van der Waals surface area contributed by atoms with E-state index in [1.807, 2.05) is 0 Å². The van der Waals surface area contributed by atoms with E-state index in [0.29, 0.717) is 0 Å². The lowest BCUT2D eigenvalue weighted by Gasteiger charge is -2.12. The first-order valence-electron chi connectivity index (χ1n) is 15.1. The van der Waals surface area contributed by atoms with E-state index >= 15 is 0 Å². The molecule has 0 heterocycles. The zero-order chi connectivity index (χ0) is 45.3. The number of Topliss-reactive ketones (excluding diaryl/α,β-unsaturated/α-hetero) is 1. The van der Waals surface area contributed by atoms with Gasteiger partial charge in [-0.2, -0.15) is 75.3 Å². The Morgan fingerprint density at radius 1 is 0.603 bits per heavy atom. The first kappa shape index (κ1) is 52.5. The molecule has 3 rings (SSSR count). The third-order valence-electron chi connectivity index (χ3n) is 5.85. The summed E-state index contributed by atoms with van der Waals surface area (Å²) < 4.78 is 187. The molecule has 0 aliphatic carbocycles. The standard InChI is InChI=1S/C14H14O5S2.C11H8F3NO3S.C4H2F3NO.C4H5F3O2/c1-11-3-7-13(8-4-11)20(15,16)19-21(17,18)14-9-5-12(2)6-10-14;1-8-2-4-9(5-3-8)19(16,17)18-10(6-7-15)11(12,13)14;5-4(6,7)3(9)1-2-8;1-2-9-3(8)4(5,6)7/h3-10H,1-2H3;2-6H,1H3;1H2;2H2,1H3. The minimum Gasteiger partial charge on any atom is -0.459 e. The Morgan fingerprint density at radius 3 is 1.17 bits per heavy atom. The van der Waals surface area contributed by atoms with Gasteiger partial charge in [-0.3, -0.25) is 4.79 Å². The molecule has 0 saturated carbocycles. The highest BCUT2D eigenvalue weighted by atomic mass is 32.3. The summed E-state index contributed by atoms with van der Waals surface area (Å²) in [5.41, 5.74) is 2.45. The van der Waals surface area contributed by atoms with Crippen LogP contribution in [0.5, 0.6) is 0 Å². The summed E-state index contributed by atoms with van der Waals surface area (Å²) in [6.45, 7) is 6.33. The van der Waals surface area contributed by atoms with Gasteiger partial charge in [0.05, 0.1) is 34.6 Å². The molecular formula is C33H29F9N2O11S3. The summed E-state index contributed by atoms with van der Waals surface area (Å²) >= 11 is 0. The number of aryl methyl sites for hydroxylation is 3. The highest BCUT2D eigenvalue weighted by Crippen LogP contribution is 2.30. The minimum absolute atomic E-state index is 0.00819. The van der Waals surface area contributed by atoms with Gasteiger partial charge in [0.1, 0.15) is 11.3 Å². The van der Waals surface area contributed by atoms with Crippen molar-refractivity contribution in [2.45, 2.75) is 67.3 Å². The molecule has 318 valence electrons. The third kappa shape index (κ3) is 19.1. The molecule has 0 atom stereocenters. The number of benzene rings is 3. The lowest BCUT2D eigenvalue weighted by Crippen LogP contribution is -2.25. The summed E-state index contributed by atoms with van der Waals surface area (Å²) in [5, 5.41) is 15.8. The largest absolute Gasteiger partial charge is 0.490 e. The molecule has 25 heteroatoms. The maximum Gasteiger partial charge on any atom is 0.490 e. The van der Waals surface area contributed by atoms with Crippen molar-refractivity contribution < 1.29 is 86.9 Å². The zero-order valence-corrected chi connectivity index (χ0v) is 32.4. The van der Waals surface area contributed by atoms with Crippen LogP contribution in [0.2, 0.25) is 0 Å². The molecule has 3 aromatic carbocycles. The van der Waals surface area contributed by atoms with Gasteiger partial charge >= 0.3 is 54.9 Å². The van der Waals surface area contributed by atoms with E-state index in [9.17, 15) is 74.4 Å². The van der Waals surface area contributed by atoms with Crippen LogP contribution in [0.25, 0.3) is 0 Å². The van der Waals surface area contributed by atoms with Crippen LogP contribution in [-0.2, 0) is 52.5 Å². The zero-order valence-electron chi connectivity index (χ0n) is 29.9. The number of rotatable bonds is 9. The average molecular weight is 897 g/mol. The van der Waals surface area contributed by atoms with E-state index in [1.54, 1.807) is 45.0 Å². The molecule has 0 saturated heterocycles. The van der Waals surface area contributed by atoms with Crippen LogP contribution in [0.4, 0.5) is 39.5 Å². The fraction of sp³-hybridized carbons (Fsp3) is 0.273. The number of alkyl halides is 9. The second kappa shape index (κ2) is 21.9. The Labute approximate surface area is 326 Å². The van der Waals surface area contributed by atoms with Crippen LogP contribution in [0.1, 0.15) is 30.0 Å². The molecule has 0 spiro atoms. The van der Waals surface area contributed by atoms with Gasteiger partial charge in [0.2, 0.25) is 11.5 Å². The molecule has 0 aliphatic rings. The number of ether oxygens (including phenoxy) is 1. The quantitative estimate of drug-likeness (QED) is 0.0684. The molecule has 0 aliphatic heterocycles. The number of halogens is 9. The van der Waals surface area contributed by atoms with Gasteiger partial charge in [-0.05, 0) is 64.1 Å². The van der Waals surface area contributed by atoms with Crippen LogP contribution in [0, 0.1) is 43.4 Å². The van der Waals surface area contributed by atoms with E-state index in [4.69, 9.17) is 10.5 Å². The molecule has 0 radical (unpaired) electrons. The fourth-order valence-electron chi connectivity index (χ4n) is 3.07. The van der Waals surface area contributed by atoms with E-state index in [1.165, 1.54) is 43.3 Å². The second-order valence-corrected chi connectivity index (χ2v) is 15.4. The Balaban J connectivity index is 0.000000803. The van der Waals surface area contributed by atoms with Crippen molar-refractivity contribution in [2.75, 3.05) is 6.61 Å². The number of carbonyl (C=O) groups excluding carboxylic acids is 2. The molecule has 58 heavy (non-hydrogen) atoms. The van der Waals surface area contributed by atoms with Gasteiger partial charge in [0.15, 0.2) is 0 Å². The van der Waals surface area contributed by atoms with Gasteiger partial charge in [0.25, 0.3) is 0 Å². The molecule has 0 bridgehead atoms. The minimum atomic E-state index is -5.06. The predicted molar refractivity (Wildman–Crippen MR) is 181 cm³/mol. The van der Waals surface area contributed by atoms with Crippen LogP contribution in [0.15, 0.2) is 99.3 Å². The Kier molecular flexibility index (Phi) is 19.8. The summed E-state index contributed by atoms with van der Waals surface area (Å²) in [6.07, 6.45) is -15.9. The smallest absolute Gasteiger partial charge is 0.459 e. The van der Waals surface area contributed by atoms with Crippen molar-refractivity contribution in [2.24, 2.45) is 0 Å². The first-order valence-corrected chi connectivity index (χ1v) is 19.3. The van der Waals surface area contributed by atoms with Crippen LogP contribution < -0.4 is 0 Å².